The molecule has 0 aromatic heterocycles. The second-order valence-corrected chi connectivity index (χ2v) is 5.16. The Morgan fingerprint density at radius 2 is 1.85 bits per heavy atom. The van der Waals surface area contributed by atoms with Gasteiger partial charge < -0.3 is 16.4 Å². The van der Waals surface area contributed by atoms with E-state index in [1.54, 1.807) is 7.05 Å². The van der Waals surface area contributed by atoms with Gasteiger partial charge in [-0.3, -0.25) is 9.79 Å². The lowest BCUT2D eigenvalue weighted by molar-refractivity contribution is -0.128. The number of benzene rings is 1. The van der Waals surface area contributed by atoms with Gasteiger partial charge in [0.2, 0.25) is 5.91 Å². The van der Waals surface area contributed by atoms with Crippen molar-refractivity contribution in [2.24, 2.45) is 16.1 Å². The van der Waals surface area contributed by atoms with Crippen LogP contribution in [0.2, 0.25) is 0 Å². The summed E-state index contributed by atoms with van der Waals surface area (Å²) in [6.07, 6.45) is 0. The highest BCUT2D eigenvalue weighted by atomic mass is 127. The monoisotopic (exact) mass is 390 g/mol. The second-order valence-electron chi connectivity index (χ2n) is 5.16. The minimum atomic E-state index is -0.575. The first-order valence-corrected chi connectivity index (χ1v) is 6.21. The Kier molecular flexibility index (Phi) is 7.55. The molecule has 0 saturated carbocycles. The molecule has 112 valence electrons. The Hall–Kier alpha value is -1.31. The third-order valence-corrected chi connectivity index (χ3v) is 2.81. The maximum absolute atomic E-state index is 11.6. The normalized spacial score (nSPS) is 11.5. The first-order valence-electron chi connectivity index (χ1n) is 6.21. The molecule has 0 aliphatic heterocycles. The number of guanidine groups is 1. The number of nitrogens with one attached hydrogen (secondary N) is 2. The summed E-state index contributed by atoms with van der Waals surface area (Å²) in [5, 5.41) is 5.61. The largest absolute Gasteiger partial charge is 0.370 e. The molecular formula is C14H23IN4O. The van der Waals surface area contributed by atoms with Crippen molar-refractivity contribution >= 4 is 41.5 Å². The van der Waals surface area contributed by atoms with Crippen molar-refractivity contribution in [3.63, 3.8) is 0 Å². The molecule has 0 radical (unpaired) electrons. The van der Waals surface area contributed by atoms with Crippen LogP contribution in [0.5, 0.6) is 0 Å². The molecule has 0 spiro atoms. The molecule has 0 aliphatic carbocycles. The third-order valence-electron chi connectivity index (χ3n) is 2.81. The van der Waals surface area contributed by atoms with Crippen molar-refractivity contribution in [1.82, 2.24) is 5.32 Å². The fourth-order valence-electron chi connectivity index (χ4n) is 1.52. The Balaban J connectivity index is 0.00000361. The van der Waals surface area contributed by atoms with Gasteiger partial charge in [0.1, 0.15) is 0 Å². The smallest absolute Gasteiger partial charge is 0.227 e. The van der Waals surface area contributed by atoms with Gasteiger partial charge in [0, 0.05) is 12.7 Å². The van der Waals surface area contributed by atoms with Crippen LogP contribution in [0.15, 0.2) is 29.3 Å². The molecular weight excluding hydrogens is 367 g/mol. The van der Waals surface area contributed by atoms with Crippen molar-refractivity contribution in [1.29, 1.82) is 0 Å². The van der Waals surface area contributed by atoms with Gasteiger partial charge in [0.15, 0.2) is 5.96 Å². The minimum Gasteiger partial charge on any atom is -0.370 e. The van der Waals surface area contributed by atoms with Gasteiger partial charge in [0.05, 0.1) is 12.0 Å². The van der Waals surface area contributed by atoms with Crippen molar-refractivity contribution in [2.75, 3.05) is 18.9 Å². The van der Waals surface area contributed by atoms with E-state index in [1.807, 2.05) is 45.0 Å². The summed E-state index contributed by atoms with van der Waals surface area (Å²) in [4.78, 5) is 15.8. The number of aryl methyl sites for hydroxylation is 1. The van der Waals surface area contributed by atoms with Crippen LogP contribution in [0, 0.1) is 12.3 Å². The zero-order valence-corrected chi connectivity index (χ0v) is 14.7. The molecule has 6 heteroatoms. The van der Waals surface area contributed by atoms with E-state index >= 15 is 0 Å². The van der Waals surface area contributed by atoms with E-state index < -0.39 is 5.41 Å². The number of carbonyl (C=O) groups is 1. The average Bonchev–Trinajstić information content (AvgIpc) is 2.38. The number of halogens is 1. The number of carbonyl (C=O) groups excluding carboxylic acids is 1. The number of amides is 1. The number of nitrogens with zero attached hydrogens (tertiary/aromatic N) is 1. The fraction of sp³-hybridized carbons (Fsp3) is 0.429. The molecule has 4 N–H and O–H groups in total. The number of nitrogens with two attached hydrogens (primary N) is 1. The van der Waals surface area contributed by atoms with E-state index in [9.17, 15) is 4.79 Å². The Labute approximate surface area is 137 Å². The lowest BCUT2D eigenvalue weighted by atomic mass is 9.93. The second kappa shape index (κ2) is 8.08. The lowest BCUT2D eigenvalue weighted by Crippen LogP contribution is -2.37. The van der Waals surface area contributed by atoms with Gasteiger partial charge in [-0.25, -0.2) is 0 Å². The highest BCUT2D eigenvalue weighted by Crippen LogP contribution is 2.15. The van der Waals surface area contributed by atoms with Gasteiger partial charge >= 0.3 is 0 Å². The highest BCUT2D eigenvalue weighted by molar-refractivity contribution is 14.0. The molecule has 0 bridgehead atoms. The number of hydrogen-bond acceptors (Lipinski definition) is 2. The number of rotatable bonds is 4. The molecule has 0 saturated heterocycles. The predicted molar refractivity (Wildman–Crippen MR) is 94.6 cm³/mol. The molecule has 1 amide bonds. The quantitative estimate of drug-likeness (QED) is 0.419. The Morgan fingerprint density at radius 3 is 2.35 bits per heavy atom. The topological polar surface area (TPSA) is 79.5 Å². The zero-order chi connectivity index (χ0) is 14.5. The van der Waals surface area contributed by atoms with Crippen LogP contribution >= 0.6 is 24.0 Å². The summed E-state index contributed by atoms with van der Waals surface area (Å²) < 4.78 is 0. The highest BCUT2D eigenvalue weighted by Gasteiger charge is 2.26. The van der Waals surface area contributed by atoms with Crippen molar-refractivity contribution in [3.05, 3.63) is 29.8 Å². The van der Waals surface area contributed by atoms with E-state index in [4.69, 9.17) is 5.73 Å². The number of aliphatic imine (C=N–C) groups is 1. The molecule has 5 nitrogen and oxygen atoms in total. The van der Waals surface area contributed by atoms with Crippen LogP contribution < -0.4 is 16.4 Å². The summed E-state index contributed by atoms with van der Waals surface area (Å²) in [5.41, 5.74) is 7.29. The number of hydrogen-bond donors (Lipinski definition) is 3. The van der Waals surface area contributed by atoms with Gasteiger partial charge in [-0.15, -0.1) is 24.0 Å². The molecule has 0 heterocycles. The molecule has 20 heavy (non-hydrogen) atoms. The fourth-order valence-corrected chi connectivity index (χ4v) is 1.52. The first-order chi connectivity index (χ1) is 8.85. The summed E-state index contributed by atoms with van der Waals surface area (Å²) in [5.74, 6) is 0.250. The van der Waals surface area contributed by atoms with Crippen molar-refractivity contribution in [3.8, 4) is 0 Å². The van der Waals surface area contributed by atoms with Gasteiger partial charge in [-0.2, -0.15) is 0 Å². The van der Waals surface area contributed by atoms with Crippen LogP contribution in [0.25, 0.3) is 0 Å². The third kappa shape index (κ3) is 5.77. The van der Waals surface area contributed by atoms with E-state index in [2.05, 4.69) is 15.6 Å². The Morgan fingerprint density at radius 1 is 1.30 bits per heavy atom. The molecule has 0 unspecified atom stereocenters. The van der Waals surface area contributed by atoms with E-state index in [1.165, 1.54) is 5.56 Å². The van der Waals surface area contributed by atoms with Crippen LogP contribution in [-0.4, -0.2) is 25.5 Å². The summed E-state index contributed by atoms with van der Waals surface area (Å²) in [7, 11) is 1.61. The first kappa shape index (κ1) is 18.7. The SMILES string of the molecule is CNC(=O)C(C)(C)CN=C(N)Nc1ccc(C)cc1.I. The standard InChI is InChI=1S/C14H22N4O.HI/c1-10-5-7-11(8-6-10)18-13(15)17-9-14(2,3)12(19)16-4;/h5-8H,9H2,1-4H3,(H,16,19)(H3,15,17,18);1H. The minimum absolute atomic E-state index is 0. The van der Waals surface area contributed by atoms with Crippen molar-refractivity contribution in [2.45, 2.75) is 20.8 Å². The van der Waals surface area contributed by atoms with Crippen LogP contribution in [0.4, 0.5) is 5.69 Å². The molecule has 0 fully saturated rings. The van der Waals surface area contributed by atoms with E-state index in [0.29, 0.717) is 12.5 Å². The van der Waals surface area contributed by atoms with Crippen LogP contribution in [0.3, 0.4) is 0 Å². The van der Waals surface area contributed by atoms with Crippen molar-refractivity contribution < 1.29 is 4.79 Å². The summed E-state index contributed by atoms with van der Waals surface area (Å²) in [6.45, 7) is 6.01. The van der Waals surface area contributed by atoms with Crippen LogP contribution in [0.1, 0.15) is 19.4 Å². The van der Waals surface area contributed by atoms with E-state index in [0.717, 1.165) is 5.69 Å². The number of anilines is 1. The zero-order valence-electron chi connectivity index (χ0n) is 12.4. The lowest BCUT2D eigenvalue weighted by Gasteiger charge is -2.20. The van der Waals surface area contributed by atoms with E-state index in [-0.39, 0.29) is 29.9 Å². The van der Waals surface area contributed by atoms with Gasteiger partial charge in [-0.1, -0.05) is 17.7 Å². The van der Waals surface area contributed by atoms with Gasteiger partial charge in [-0.05, 0) is 32.9 Å². The van der Waals surface area contributed by atoms with Gasteiger partial charge in [0.25, 0.3) is 0 Å². The Bertz CT molecular complexity index is 469. The maximum atomic E-state index is 11.6. The summed E-state index contributed by atoms with van der Waals surface area (Å²) in [6, 6.07) is 7.84. The summed E-state index contributed by atoms with van der Waals surface area (Å²) >= 11 is 0. The molecule has 1 aromatic carbocycles. The average molecular weight is 390 g/mol. The molecule has 0 aliphatic rings. The predicted octanol–water partition coefficient (Wildman–Crippen LogP) is 2.11. The maximum Gasteiger partial charge on any atom is 0.227 e. The molecule has 1 aromatic rings. The molecule has 0 atom stereocenters. The molecule has 1 rings (SSSR count). The van der Waals surface area contributed by atoms with Crippen LogP contribution in [-0.2, 0) is 4.79 Å².